The molecule has 0 aromatic carbocycles. The van der Waals surface area contributed by atoms with E-state index in [1.54, 1.807) is 0 Å². The summed E-state index contributed by atoms with van der Waals surface area (Å²) in [4.78, 5) is 4.47. The summed E-state index contributed by atoms with van der Waals surface area (Å²) < 4.78 is 0. The average Bonchev–Trinajstić information content (AvgIpc) is 2.17. The molecule has 0 aliphatic carbocycles. The van der Waals surface area contributed by atoms with E-state index in [4.69, 9.17) is 5.26 Å². The maximum absolute atomic E-state index is 8.90. The van der Waals surface area contributed by atoms with Crippen molar-refractivity contribution in [2.75, 3.05) is 6.54 Å². The van der Waals surface area contributed by atoms with E-state index in [0.29, 0.717) is 11.6 Å². The summed E-state index contributed by atoms with van der Waals surface area (Å²) in [5, 5.41) is 12.3. The maximum atomic E-state index is 8.90. The number of aryl methyl sites for hydroxylation is 1. The second-order valence-corrected chi connectivity index (χ2v) is 3.69. The molecule has 1 unspecified atom stereocenters. The molecular formula is C11H13N3. The number of rotatable bonds is 0. The van der Waals surface area contributed by atoms with Gasteiger partial charge in [0.2, 0.25) is 0 Å². The molecule has 0 bridgehead atoms. The molecule has 1 aliphatic rings. The largest absolute Gasteiger partial charge is 0.310 e. The van der Waals surface area contributed by atoms with Crippen molar-refractivity contribution < 1.29 is 0 Å². The van der Waals surface area contributed by atoms with Gasteiger partial charge in [-0.1, -0.05) is 0 Å². The molecule has 2 rings (SSSR count). The van der Waals surface area contributed by atoms with E-state index in [1.165, 1.54) is 5.56 Å². The highest BCUT2D eigenvalue weighted by molar-refractivity contribution is 5.40. The van der Waals surface area contributed by atoms with Gasteiger partial charge in [-0.25, -0.2) is 0 Å². The third kappa shape index (κ3) is 1.38. The molecule has 0 saturated heterocycles. The molecule has 72 valence electrons. The molecule has 1 aliphatic heterocycles. The van der Waals surface area contributed by atoms with E-state index in [2.05, 4.69) is 23.3 Å². The van der Waals surface area contributed by atoms with Crippen molar-refractivity contribution >= 4 is 0 Å². The van der Waals surface area contributed by atoms with Gasteiger partial charge in [-0.05, 0) is 25.5 Å². The Morgan fingerprint density at radius 2 is 2.43 bits per heavy atom. The van der Waals surface area contributed by atoms with Gasteiger partial charge in [0.05, 0.1) is 11.3 Å². The Bertz CT molecular complexity index is 404. The average molecular weight is 187 g/mol. The summed E-state index contributed by atoms with van der Waals surface area (Å²) in [6.07, 6.45) is 0.965. The minimum absolute atomic E-state index is 0.318. The van der Waals surface area contributed by atoms with Crippen molar-refractivity contribution in [1.29, 1.82) is 5.26 Å². The van der Waals surface area contributed by atoms with E-state index in [-0.39, 0.29) is 0 Å². The smallest absolute Gasteiger partial charge is 0.101 e. The Hall–Kier alpha value is -1.40. The highest BCUT2D eigenvalue weighted by Crippen LogP contribution is 2.22. The molecule has 0 fully saturated rings. The van der Waals surface area contributed by atoms with Crippen LogP contribution in [-0.4, -0.2) is 11.5 Å². The van der Waals surface area contributed by atoms with Crippen LogP contribution in [0.15, 0.2) is 6.07 Å². The van der Waals surface area contributed by atoms with Crippen LogP contribution in [0.25, 0.3) is 0 Å². The van der Waals surface area contributed by atoms with Gasteiger partial charge in [0.25, 0.3) is 0 Å². The van der Waals surface area contributed by atoms with Crippen LogP contribution < -0.4 is 5.32 Å². The van der Waals surface area contributed by atoms with Crippen LogP contribution in [0.4, 0.5) is 0 Å². The lowest BCUT2D eigenvalue weighted by Crippen LogP contribution is -2.28. The van der Waals surface area contributed by atoms with Crippen LogP contribution in [0.3, 0.4) is 0 Å². The van der Waals surface area contributed by atoms with Crippen molar-refractivity contribution in [3.8, 4) is 6.07 Å². The summed E-state index contributed by atoms with van der Waals surface area (Å²) in [6.45, 7) is 4.98. The van der Waals surface area contributed by atoms with Gasteiger partial charge in [-0.3, -0.25) is 4.98 Å². The number of nitriles is 1. The topological polar surface area (TPSA) is 48.7 Å². The standard InChI is InChI=1S/C11H13N3/c1-7-9(6-12)5-10-8(2)13-4-3-11(10)14-7/h5,8,13H,3-4H2,1-2H3. The van der Waals surface area contributed by atoms with Crippen LogP contribution in [0.2, 0.25) is 0 Å². The first-order valence-corrected chi connectivity index (χ1v) is 4.86. The lowest BCUT2D eigenvalue weighted by molar-refractivity contribution is 0.531. The minimum Gasteiger partial charge on any atom is -0.310 e. The Morgan fingerprint density at radius 1 is 1.64 bits per heavy atom. The summed E-state index contributed by atoms with van der Waals surface area (Å²) in [6, 6.07) is 4.46. The number of fused-ring (bicyclic) bond motifs is 1. The summed E-state index contributed by atoms with van der Waals surface area (Å²) in [5.41, 5.74) is 3.87. The molecule has 0 saturated carbocycles. The first-order valence-electron chi connectivity index (χ1n) is 4.86. The molecule has 0 spiro atoms. The molecule has 14 heavy (non-hydrogen) atoms. The van der Waals surface area contributed by atoms with Gasteiger partial charge < -0.3 is 5.32 Å². The molecule has 1 N–H and O–H groups in total. The first kappa shape index (κ1) is 9.17. The fourth-order valence-electron chi connectivity index (χ4n) is 1.88. The van der Waals surface area contributed by atoms with Gasteiger partial charge in [-0.15, -0.1) is 0 Å². The predicted molar refractivity (Wildman–Crippen MR) is 53.8 cm³/mol. The zero-order valence-electron chi connectivity index (χ0n) is 8.46. The lowest BCUT2D eigenvalue weighted by Gasteiger charge is -2.23. The highest BCUT2D eigenvalue weighted by atomic mass is 14.9. The molecule has 0 radical (unpaired) electrons. The van der Waals surface area contributed by atoms with Crippen molar-refractivity contribution in [3.63, 3.8) is 0 Å². The number of nitrogens with one attached hydrogen (secondary N) is 1. The van der Waals surface area contributed by atoms with Crippen molar-refractivity contribution in [3.05, 3.63) is 28.6 Å². The first-order chi connectivity index (χ1) is 6.72. The van der Waals surface area contributed by atoms with Gasteiger partial charge in [-0.2, -0.15) is 5.26 Å². The fourth-order valence-corrected chi connectivity index (χ4v) is 1.88. The number of pyridine rings is 1. The van der Waals surface area contributed by atoms with Crippen LogP contribution in [0, 0.1) is 18.3 Å². The molecule has 3 nitrogen and oxygen atoms in total. The van der Waals surface area contributed by atoms with E-state index in [0.717, 1.165) is 24.4 Å². The highest BCUT2D eigenvalue weighted by Gasteiger charge is 2.18. The van der Waals surface area contributed by atoms with Gasteiger partial charge in [0, 0.05) is 24.7 Å². The van der Waals surface area contributed by atoms with Crippen molar-refractivity contribution in [2.24, 2.45) is 0 Å². The predicted octanol–water partition coefficient (Wildman–Crippen LogP) is 1.47. The lowest BCUT2D eigenvalue weighted by atomic mass is 9.98. The van der Waals surface area contributed by atoms with Crippen LogP contribution in [0.5, 0.6) is 0 Å². The van der Waals surface area contributed by atoms with Crippen LogP contribution in [-0.2, 0) is 6.42 Å². The van der Waals surface area contributed by atoms with E-state index >= 15 is 0 Å². The van der Waals surface area contributed by atoms with Gasteiger partial charge >= 0.3 is 0 Å². The van der Waals surface area contributed by atoms with Crippen molar-refractivity contribution in [1.82, 2.24) is 10.3 Å². The maximum Gasteiger partial charge on any atom is 0.101 e. The van der Waals surface area contributed by atoms with Crippen LogP contribution in [0.1, 0.15) is 35.5 Å². The van der Waals surface area contributed by atoms with E-state index < -0.39 is 0 Å². The number of nitrogens with zero attached hydrogens (tertiary/aromatic N) is 2. The molecule has 1 aromatic heterocycles. The second kappa shape index (κ2) is 3.39. The zero-order chi connectivity index (χ0) is 10.1. The normalized spacial score (nSPS) is 19.9. The minimum atomic E-state index is 0.318. The third-order valence-corrected chi connectivity index (χ3v) is 2.72. The second-order valence-electron chi connectivity index (χ2n) is 3.69. The zero-order valence-corrected chi connectivity index (χ0v) is 8.46. The van der Waals surface area contributed by atoms with E-state index in [9.17, 15) is 0 Å². The molecule has 1 atom stereocenters. The Morgan fingerprint density at radius 3 is 3.14 bits per heavy atom. The quantitative estimate of drug-likeness (QED) is 0.669. The molecule has 2 heterocycles. The number of aromatic nitrogens is 1. The van der Waals surface area contributed by atoms with Crippen molar-refractivity contribution in [2.45, 2.75) is 26.3 Å². The van der Waals surface area contributed by atoms with Crippen LogP contribution >= 0.6 is 0 Å². The van der Waals surface area contributed by atoms with Gasteiger partial charge in [0.15, 0.2) is 0 Å². The summed E-state index contributed by atoms with van der Waals surface area (Å²) in [5.74, 6) is 0. The Labute approximate surface area is 83.8 Å². The van der Waals surface area contributed by atoms with E-state index in [1.807, 2.05) is 13.0 Å². The SMILES string of the molecule is Cc1nc2c(cc1C#N)C(C)NCC2. The van der Waals surface area contributed by atoms with Gasteiger partial charge in [0.1, 0.15) is 6.07 Å². The molecular weight excluding hydrogens is 174 g/mol. The third-order valence-electron chi connectivity index (χ3n) is 2.72. The number of hydrogen-bond donors (Lipinski definition) is 1. The Kier molecular flexibility index (Phi) is 2.22. The molecule has 3 heteroatoms. The monoisotopic (exact) mass is 187 g/mol. The summed E-state index contributed by atoms with van der Waals surface area (Å²) >= 11 is 0. The molecule has 1 aromatic rings. The number of hydrogen-bond acceptors (Lipinski definition) is 3. The molecule has 0 amide bonds. The fraction of sp³-hybridized carbons (Fsp3) is 0.455. The summed E-state index contributed by atoms with van der Waals surface area (Å²) in [7, 11) is 0. The Balaban J connectivity index is 2.56.